The average molecular weight is 365 g/mol. The number of amides is 1. The summed E-state index contributed by atoms with van der Waals surface area (Å²) in [5, 5.41) is 0.432. The Bertz CT molecular complexity index is 683. The molecule has 128 valence electrons. The zero-order valence-corrected chi connectivity index (χ0v) is 15.0. The van der Waals surface area contributed by atoms with Gasteiger partial charge in [-0.05, 0) is 48.9 Å². The summed E-state index contributed by atoms with van der Waals surface area (Å²) >= 11 is 6.15. The lowest BCUT2D eigenvalue weighted by molar-refractivity contribution is 0.0691. The predicted molar refractivity (Wildman–Crippen MR) is 102 cm³/mol. The molecular formula is C19H22Cl2N2O. The summed E-state index contributed by atoms with van der Waals surface area (Å²) in [6.45, 7) is 1.58. The average Bonchev–Trinajstić information content (AvgIpc) is 2.56. The van der Waals surface area contributed by atoms with E-state index in [0.717, 1.165) is 32.4 Å². The van der Waals surface area contributed by atoms with Gasteiger partial charge < -0.3 is 10.6 Å². The Morgan fingerprint density at radius 3 is 2.42 bits per heavy atom. The normalized spacial score (nSPS) is 15.0. The molecule has 0 unspecified atom stereocenters. The van der Waals surface area contributed by atoms with E-state index in [9.17, 15) is 4.79 Å². The molecule has 0 spiro atoms. The number of piperidine rings is 1. The van der Waals surface area contributed by atoms with Crippen LogP contribution in [0.15, 0.2) is 48.5 Å². The molecule has 1 heterocycles. The molecule has 0 bridgehead atoms. The third kappa shape index (κ3) is 4.43. The maximum Gasteiger partial charge on any atom is 0.255 e. The quantitative estimate of drug-likeness (QED) is 0.818. The highest BCUT2D eigenvalue weighted by atomic mass is 35.5. The van der Waals surface area contributed by atoms with Crippen LogP contribution in [0.1, 0.15) is 28.8 Å². The number of halogens is 2. The van der Waals surface area contributed by atoms with E-state index in [1.165, 1.54) is 5.56 Å². The van der Waals surface area contributed by atoms with E-state index in [1.807, 2.05) is 11.0 Å². The molecule has 2 aromatic carbocycles. The molecule has 1 fully saturated rings. The van der Waals surface area contributed by atoms with Gasteiger partial charge >= 0.3 is 0 Å². The first-order chi connectivity index (χ1) is 11.1. The van der Waals surface area contributed by atoms with E-state index in [2.05, 4.69) is 24.3 Å². The number of likely N-dealkylation sites (tertiary alicyclic amines) is 1. The molecule has 3 rings (SSSR count). The SMILES string of the molecule is Cl.Nc1ccc(C(=O)N2CCC(Cc3ccccc3)CC2)c(Cl)c1. The van der Waals surface area contributed by atoms with Gasteiger partial charge in [-0.25, -0.2) is 0 Å². The molecule has 2 aromatic rings. The molecule has 1 saturated heterocycles. The number of nitrogens with zero attached hydrogens (tertiary/aromatic N) is 1. The first kappa shape index (κ1) is 18.6. The lowest BCUT2D eigenvalue weighted by Crippen LogP contribution is -2.39. The second-order valence-electron chi connectivity index (χ2n) is 6.16. The molecule has 0 radical (unpaired) electrons. The van der Waals surface area contributed by atoms with Gasteiger partial charge in [0.15, 0.2) is 0 Å². The monoisotopic (exact) mass is 364 g/mol. The van der Waals surface area contributed by atoms with Crippen molar-refractivity contribution in [2.75, 3.05) is 18.8 Å². The van der Waals surface area contributed by atoms with Gasteiger partial charge in [0, 0.05) is 18.8 Å². The summed E-state index contributed by atoms with van der Waals surface area (Å²) in [7, 11) is 0. The topological polar surface area (TPSA) is 46.3 Å². The van der Waals surface area contributed by atoms with Gasteiger partial charge in [0.25, 0.3) is 5.91 Å². The molecule has 24 heavy (non-hydrogen) atoms. The highest BCUT2D eigenvalue weighted by Crippen LogP contribution is 2.25. The van der Waals surface area contributed by atoms with Crippen molar-refractivity contribution in [1.82, 2.24) is 4.90 Å². The standard InChI is InChI=1S/C19H21ClN2O.ClH/c20-18-13-16(21)6-7-17(18)19(23)22-10-8-15(9-11-22)12-14-4-2-1-3-5-14;/h1-7,13,15H,8-12,21H2;1H. The Morgan fingerprint density at radius 2 is 1.79 bits per heavy atom. The fourth-order valence-corrected chi connectivity index (χ4v) is 3.43. The van der Waals surface area contributed by atoms with Gasteiger partial charge in [-0.2, -0.15) is 0 Å². The highest BCUT2D eigenvalue weighted by Gasteiger charge is 2.24. The maximum atomic E-state index is 12.6. The van der Waals surface area contributed by atoms with Crippen LogP contribution in [-0.4, -0.2) is 23.9 Å². The van der Waals surface area contributed by atoms with E-state index in [4.69, 9.17) is 17.3 Å². The van der Waals surface area contributed by atoms with Crippen LogP contribution in [0.25, 0.3) is 0 Å². The molecule has 2 N–H and O–H groups in total. The number of carbonyl (C=O) groups is 1. The second kappa shape index (κ2) is 8.41. The fraction of sp³-hybridized carbons (Fsp3) is 0.316. The third-order valence-corrected chi connectivity index (χ3v) is 4.81. The Balaban J connectivity index is 0.00000208. The van der Waals surface area contributed by atoms with Crippen LogP contribution in [0.4, 0.5) is 5.69 Å². The van der Waals surface area contributed by atoms with E-state index in [1.54, 1.807) is 18.2 Å². The third-order valence-electron chi connectivity index (χ3n) is 4.49. The van der Waals surface area contributed by atoms with Gasteiger partial charge in [0.1, 0.15) is 0 Å². The van der Waals surface area contributed by atoms with E-state index in [-0.39, 0.29) is 18.3 Å². The van der Waals surface area contributed by atoms with Crippen LogP contribution in [-0.2, 0) is 6.42 Å². The molecule has 0 aromatic heterocycles. The molecule has 3 nitrogen and oxygen atoms in total. The van der Waals surface area contributed by atoms with Crippen molar-refractivity contribution in [1.29, 1.82) is 0 Å². The molecule has 1 amide bonds. The number of anilines is 1. The summed E-state index contributed by atoms with van der Waals surface area (Å²) in [4.78, 5) is 14.5. The molecule has 0 atom stereocenters. The van der Waals surface area contributed by atoms with Crippen molar-refractivity contribution >= 4 is 35.6 Å². The second-order valence-corrected chi connectivity index (χ2v) is 6.57. The van der Waals surface area contributed by atoms with Gasteiger partial charge in [-0.3, -0.25) is 4.79 Å². The summed E-state index contributed by atoms with van der Waals surface area (Å²) < 4.78 is 0. The fourth-order valence-electron chi connectivity index (χ4n) is 3.16. The molecular weight excluding hydrogens is 343 g/mol. The van der Waals surface area contributed by atoms with Gasteiger partial charge in [0.2, 0.25) is 0 Å². The van der Waals surface area contributed by atoms with Crippen LogP contribution in [0, 0.1) is 5.92 Å². The summed E-state index contributed by atoms with van der Waals surface area (Å²) in [6, 6.07) is 15.6. The summed E-state index contributed by atoms with van der Waals surface area (Å²) in [5.74, 6) is 0.650. The molecule has 0 aliphatic carbocycles. The van der Waals surface area contributed by atoms with Crippen LogP contribution < -0.4 is 5.73 Å². The Labute approximate surface area is 154 Å². The molecule has 1 aliphatic heterocycles. The van der Waals surface area contributed by atoms with Crippen molar-refractivity contribution in [2.24, 2.45) is 5.92 Å². The minimum Gasteiger partial charge on any atom is -0.399 e. The zero-order chi connectivity index (χ0) is 16.2. The van der Waals surface area contributed by atoms with Gasteiger partial charge in [-0.15, -0.1) is 12.4 Å². The van der Waals surface area contributed by atoms with E-state index >= 15 is 0 Å². The first-order valence-corrected chi connectivity index (χ1v) is 8.39. The van der Waals surface area contributed by atoms with Gasteiger partial charge in [0.05, 0.1) is 10.6 Å². The number of rotatable bonds is 3. The summed E-state index contributed by atoms with van der Waals surface area (Å²) in [6.07, 6.45) is 3.16. The number of benzene rings is 2. The lowest BCUT2D eigenvalue weighted by atomic mass is 9.90. The minimum atomic E-state index is 0. The number of carbonyl (C=O) groups excluding carboxylic acids is 1. The van der Waals surface area contributed by atoms with E-state index in [0.29, 0.717) is 22.2 Å². The molecule has 1 aliphatic rings. The van der Waals surface area contributed by atoms with Crippen molar-refractivity contribution in [3.63, 3.8) is 0 Å². The predicted octanol–water partition coefficient (Wildman–Crippen LogP) is 4.44. The molecule has 0 saturated carbocycles. The van der Waals surface area contributed by atoms with Crippen LogP contribution >= 0.6 is 24.0 Å². The maximum absolute atomic E-state index is 12.6. The van der Waals surface area contributed by atoms with Crippen LogP contribution in [0.3, 0.4) is 0 Å². The van der Waals surface area contributed by atoms with Crippen molar-refractivity contribution in [2.45, 2.75) is 19.3 Å². The number of nitrogens with two attached hydrogens (primary N) is 1. The number of hydrogen-bond donors (Lipinski definition) is 1. The zero-order valence-electron chi connectivity index (χ0n) is 13.5. The smallest absolute Gasteiger partial charge is 0.255 e. The highest BCUT2D eigenvalue weighted by molar-refractivity contribution is 6.34. The van der Waals surface area contributed by atoms with E-state index < -0.39 is 0 Å². The first-order valence-electron chi connectivity index (χ1n) is 8.01. The number of hydrogen-bond acceptors (Lipinski definition) is 2. The summed E-state index contributed by atoms with van der Waals surface area (Å²) in [5.41, 5.74) is 8.18. The number of nitrogen functional groups attached to an aromatic ring is 1. The van der Waals surface area contributed by atoms with Gasteiger partial charge in [-0.1, -0.05) is 41.9 Å². The van der Waals surface area contributed by atoms with Crippen molar-refractivity contribution < 1.29 is 4.79 Å². The van der Waals surface area contributed by atoms with Crippen molar-refractivity contribution in [3.05, 3.63) is 64.7 Å². The van der Waals surface area contributed by atoms with Crippen LogP contribution in [0.5, 0.6) is 0 Å². The van der Waals surface area contributed by atoms with Crippen molar-refractivity contribution in [3.8, 4) is 0 Å². The lowest BCUT2D eigenvalue weighted by Gasteiger charge is -2.32. The van der Waals surface area contributed by atoms with Crippen LogP contribution in [0.2, 0.25) is 5.02 Å². The molecule has 5 heteroatoms. The Hall–Kier alpha value is -1.71. The Kier molecular flexibility index (Phi) is 6.52. The largest absolute Gasteiger partial charge is 0.399 e. The minimum absolute atomic E-state index is 0. The Morgan fingerprint density at radius 1 is 1.12 bits per heavy atom.